The number of rotatable bonds is 3. The van der Waals surface area contributed by atoms with Gasteiger partial charge in [-0.25, -0.2) is 0 Å². The third kappa shape index (κ3) is 3.30. The minimum Gasteiger partial charge on any atom is -0.506 e. The van der Waals surface area contributed by atoms with Gasteiger partial charge in [0.05, 0.1) is 25.0 Å². The Hall–Kier alpha value is -0.510. The Morgan fingerprint density at radius 3 is 2.17 bits per heavy atom. The molecule has 30 heavy (non-hydrogen) atoms. The molecule has 0 fully saturated rings. The molecule has 3 aromatic rings. The van der Waals surface area contributed by atoms with Crippen molar-refractivity contribution >= 4 is 75.8 Å². The van der Waals surface area contributed by atoms with Gasteiger partial charge in [-0.15, -0.1) is 0 Å². The standard InChI is InChI=1S/C22H16Br4O3S/c1-10-13(8-15(23)20(27)18(10)25)22(12-6-4-5-7-17(12)30-29-22)14-9-16(24)21(28-3)19(26)11(14)2/h4-9,27H,1-3H3. The van der Waals surface area contributed by atoms with Crippen LogP contribution in [-0.4, -0.2) is 12.2 Å². The minimum atomic E-state index is -0.883. The Morgan fingerprint density at radius 1 is 0.900 bits per heavy atom. The molecule has 1 atom stereocenters. The minimum absolute atomic E-state index is 0.166. The van der Waals surface area contributed by atoms with Gasteiger partial charge < -0.3 is 9.84 Å². The molecule has 0 bridgehead atoms. The van der Waals surface area contributed by atoms with E-state index in [-0.39, 0.29) is 5.75 Å². The highest BCUT2D eigenvalue weighted by molar-refractivity contribution is 9.11. The molecule has 3 aromatic carbocycles. The lowest BCUT2D eigenvalue weighted by Gasteiger charge is -2.34. The van der Waals surface area contributed by atoms with Gasteiger partial charge in [0.2, 0.25) is 0 Å². The molecule has 0 saturated heterocycles. The van der Waals surface area contributed by atoms with Crippen LogP contribution < -0.4 is 4.74 Å². The van der Waals surface area contributed by atoms with Gasteiger partial charge in [-0.1, -0.05) is 18.2 Å². The molecule has 1 unspecified atom stereocenters. The molecule has 0 aromatic heterocycles. The molecule has 156 valence electrons. The first-order valence-corrected chi connectivity index (χ1v) is 12.8. The molecule has 0 amide bonds. The van der Waals surface area contributed by atoms with Crippen LogP contribution in [0.1, 0.15) is 27.8 Å². The van der Waals surface area contributed by atoms with E-state index in [0.29, 0.717) is 8.95 Å². The van der Waals surface area contributed by atoms with Crippen LogP contribution in [0.5, 0.6) is 11.5 Å². The van der Waals surface area contributed by atoms with Crippen LogP contribution in [0, 0.1) is 13.8 Å². The summed E-state index contributed by atoms with van der Waals surface area (Å²) >= 11 is 15.8. The van der Waals surface area contributed by atoms with Crippen molar-refractivity contribution in [3.05, 3.63) is 82.1 Å². The summed E-state index contributed by atoms with van der Waals surface area (Å²) in [4.78, 5) is 1.06. The summed E-state index contributed by atoms with van der Waals surface area (Å²) in [6, 6.07) is 12.2. The first-order valence-electron chi connectivity index (χ1n) is 8.90. The van der Waals surface area contributed by atoms with Gasteiger partial charge in [-0.3, -0.25) is 4.18 Å². The number of ether oxygens (including phenoxy) is 1. The van der Waals surface area contributed by atoms with Crippen LogP contribution in [0.2, 0.25) is 0 Å². The number of hydrogen-bond donors (Lipinski definition) is 1. The Bertz CT molecular complexity index is 1180. The summed E-state index contributed by atoms with van der Waals surface area (Å²) in [6.07, 6.45) is 0. The lowest BCUT2D eigenvalue weighted by Crippen LogP contribution is -2.30. The van der Waals surface area contributed by atoms with Crippen LogP contribution in [0.3, 0.4) is 0 Å². The van der Waals surface area contributed by atoms with E-state index in [1.165, 1.54) is 12.0 Å². The van der Waals surface area contributed by atoms with Gasteiger partial charge in [0.1, 0.15) is 11.5 Å². The lowest BCUT2D eigenvalue weighted by atomic mass is 9.77. The van der Waals surface area contributed by atoms with Crippen molar-refractivity contribution in [2.45, 2.75) is 24.3 Å². The van der Waals surface area contributed by atoms with Crippen molar-refractivity contribution in [1.82, 2.24) is 0 Å². The van der Waals surface area contributed by atoms with Crippen molar-refractivity contribution in [2.24, 2.45) is 0 Å². The molecule has 0 spiro atoms. The third-order valence-electron chi connectivity index (χ3n) is 5.34. The van der Waals surface area contributed by atoms with Gasteiger partial charge in [0.25, 0.3) is 0 Å². The molecule has 0 saturated carbocycles. The number of aromatic hydroxyl groups is 1. The second kappa shape index (κ2) is 8.45. The van der Waals surface area contributed by atoms with Crippen LogP contribution in [0.15, 0.2) is 59.2 Å². The van der Waals surface area contributed by atoms with Crippen molar-refractivity contribution in [1.29, 1.82) is 0 Å². The molecule has 8 heteroatoms. The van der Waals surface area contributed by atoms with Crippen molar-refractivity contribution < 1.29 is 14.0 Å². The van der Waals surface area contributed by atoms with E-state index in [0.717, 1.165) is 47.4 Å². The Labute approximate surface area is 213 Å². The highest BCUT2D eigenvalue weighted by Gasteiger charge is 2.48. The number of halogens is 4. The molecule has 0 radical (unpaired) electrons. The molecule has 4 rings (SSSR count). The fourth-order valence-electron chi connectivity index (χ4n) is 3.82. The highest BCUT2D eigenvalue weighted by Crippen LogP contribution is 2.57. The van der Waals surface area contributed by atoms with Gasteiger partial charge in [-0.2, -0.15) is 0 Å². The van der Waals surface area contributed by atoms with Crippen LogP contribution in [0.25, 0.3) is 0 Å². The normalized spacial score (nSPS) is 17.8. The predicted octanol–water partition coefficient (Wildman–Crippen LogP) is 8.40. The zero-order valence-corrected chi connectivity index (χ0v) is 23.3. The average molecular weight is 680 g/mol. The smallest absolute Gasteiger partial charge is 0.160 e. The Balaban J connectivity index is 2.16. The van der Waals surface area contributed by atoms with Crippen LogP contribution in [0.4, 0.5) is 0 Å². The fourth-order valence-corrected chi connectivity index (χ4v) is 7.31. The molecule has 1 aliphatic rings. The second-order valence-corrected chi connectivity index (χ2v) is 11.0. The Morgan fingerprint density at radius 2 is 1.50 bits per heavy atom. The van der Waals surface area contributed by atoms with Gasteiger partial charge >= 0.3 is 0 Å². The summed E-state index contributed by atoms with van der Waals surface area (Å²) in [6.45, 7) is 4.02. The largest absolute Gasteiger partial charge is 0.506 e. The van der Waals surface area contributed by atoms with E-state index in [2.05, 4.69) is 81.9 Å². The van der Waals surface area contributed by atoms with E-state index >= 15 is 0 Å². The average Bonchev–Trinajstić information content (AvgIpc) is 3.12. The molecular weight excluding hydrogens is 664 g/mol. The van der Waals surface area contributed by atoms with E-state index in [4.69, 9.17) is 8.92 Å². The van der Waals surface area contributed by atoms with Crippen LogP contribution in [-0.2, 0) is 9.78 Å². The topological polar surface area (TPSA) is 38.7 Å². The lowest BCUT2D eigenvalue weighted by molar-refractivity contribution is 0.202. The molecular formula is C22H16Br4O3S. The third-order valence-corrected chi connectivity index (χ3v) is 9.33. The highest BCUT2D eigenvalue weighted by atomic mass is 79.9. The van der Waals surface area contributed by atoms with Crippen molar-refractivity contribution in [3.8, 4) is 11.5 Å². The number of methoxy groups -OCH3 is 1. The molecule has 1 heterocycles. The van der Waals surface area contributed by atoms with Crippen molar-refractivity contribution in [2.75, 3.05) is 7.11 Å². The maximum atomic E-state index is 10.4. The summed E-state index contributed by atoms with van der Waals surface area (Å²) in [7, 11) is 1.65. The second-order valence-electron chi connectivity index (χ2n) is 6.92. The summed E-state index contributed by atoms with van der Waals surface area (Å²) < 4.78 is 15.1. The van der Waals surface area contributed by atoms with E-state index in [1.54, 1.807) is 7.11 Å². The molecule has 1 N–H and O–H groups in total. The number of phenols is 1. The summed E-state index contributed by atoms with van der Waals surface area (Å²) in [5.41, 5.74) is 3.98. The zero-order valence-electron chi connectivity index (χ0n) is 16.1. The number of hydrogen-bond acceptors (Lipinski definition) is 4. The SMILES string of the molecule is COc1c(Br)cc(C2(c3cc(Br)c(O)c(Br)c3C)OSc3ccccc32)c(C)c1Br. The number of fused-ring (bicyclic) bond motifs is 1. The molecule has 0 aliphatic carbocycles. The summed E-state index contributed by atoms with van der Waals surface area (Å²) in [5.74, 6) is 0.897. The zero-order chi connectivity index (χ0) is 21.8. The van der Waals surface area contributed by atoms with Gasteiger partial charge in [0.15, 0.2) is 5.60 Å². The fraction of sp³-hybridized carbons (Fsp3) is 0.182. The van der Waals surface area contributed by atoms with E-state index in [9.17, 15) is 5.11 Å². The van der Waals surface area contributed by atoms with Crippen molar-refractivity contribution in [3.63, 3.8) is 0 Å². The molecule has 1 aliphatic heterocycles. The number of phenolic OH excluding ortho intramolecular Hbond substituents is 1. The number of benzene rings is 3. The first-order chi connectivity index (χ1) is 14.2. The van der Waals surface area contributed by atoms with Gasteiger partial charge in [-0.05, 0) is 118 Å². The van der Waals surface area contributed by atoms with E-state index < -0.39 is 5.60 Å². The van der Waals surface area contributed by atoms with E-state index in [1.807, 2.05) is 32.0 Å². The first kappa shape index (κ1) is 22.7. The maximum Gasteiger partial charge on any atom is 0.160 e. The summed E-state index contributed by atoms with van der Waals surface area (Å²) in [5, 5.41) is 10.4. The predicted molar refractivity (Wildman–Crippen MR) is 135 cm³/mol. The Kier molecular flexibility index (Phi) is 6.38. The quantitative estimate of drug-likeness (QED) is 0.282. The monoisotopic (exact) mass is 676 g/mol. The maximum absolute atomic E-state index is 10.4. The molecule has 3 nitrogen and oxygen atoms in total. The van der Waals surface area contributed by atoms with Crippen LogP contribution >= 0.6 is 75.8 Å². The van der Waals surface area contributed by atoms with Gasteiger partial charge in [0, 0.05) is 22.5 Å².